The molecule has 114 valence electrons. The van der Waals surface area contributed by atoms with Gasteiger partial charge in [0.2, 0.25) is 5.82 Å². The third kappa shape index (κ3) is 2.26. The van der Waals surface area contributed by atoms with E-state index >= 15 is 0 Å². The van der Waals surface area contributed by atoms with Gasteiger partial charge in [-0.3, -0.25) is 0 Å². The van der Waals surface area contributed by atoms with Gasteiger partial charge in [0.25, 0.3) is 5.89 Å². The van der Waals surface area contributed by atoms with Crippen molar-refractivity contribution in [1.82, 2.24) is 19.7 Å². The van der Waals surface area contributed by atoms with Gasteiger partial charge >= 0.3 is 0 Å². The SMILES string of the molecule is Cn1cnc2ccc(-c3noc(-c4ccc(F)c(F)c4)n3)cc21. The van der Waals surface area contributed by atoms with Crippen molar-refractivity contribution >= 4 is 11.0 Å². The van der Waals surface area contributed by atoms with Gasteiger partial charge in [0.1, 0.15) is 0 Å². The third-order valence-electron chi connectivity index (χ3n) is 3.58. The summed E-state index contributed by atoms with van der Waals surface area (Å²) < 4.78 is 33.3. The fourth-order valence-electron chi connectivity index (χ4n) is 2.35. The molecule has 0 spiro atoms. The van der Waals surface area contributed by atoms with Crippen LogP contribution in [-0.2, 0) is 7.05 Å². The molecule has 0 saturated heterocycles. The number of hydrogen-bond donors (Lipinski definition) is 0. The number of imidazole rings is 1. The maximum Gasteiger partial charge on any atom is 0.258 e. The van der Waals surface area contributed by atoms with Crippen LogP contribution in [0, 0.1) is 11.6 Å². The van der Waals surface area contributed by atoms with Gasteiger partial charge < -0.3 is 9.09 Å². The maximum absolute atomic E-state index is 13.3. The first kappa shape index (κ1) is 13.6. The molecule has 0 atom stereocenters. The average Bonchev–Trinajstić information content (AvgIpc) is 3.17. The van der Waals surface area contributed by atoms with E-state index in [2.05, 4.69) is 15.1 Å². The number of fused-ring (bicyclic) bond motifs is 1. The van der Waals surface area contributed by atoms with Crippen LogP contribution in [0.2, 0.25) is 0 Å². The van der Waals surface area contributed by atoms with E-state index in [1.807, 2.05) is 29.8 Å². The maximum atomic E-state index is 13.3. The van der Waals surface area contributed by atoms with Crippen LogP contribution in [-0.4, -0.2) is 19.7 Å². The Bertz CT molecular complexity index is 1020. The van der Waals surface area contributed by atoms with E-state index in [4.69, 9.17) is 4.52 Å². The molecule has 0 aliphatic heterocycles. The monoisotopic (exact) mass is 312 g/mol. The molecular formula is C16H10F2N4O. The Hall–Kier alpha value is -3.09. The minimum Gasteiger partial charge on any atom is -0.334 e. The molecule has 0 bridgehead atoms. The van der Waals surface area contributed by atoms with Gasteiger partial charge in [0, 0.05) is 18.2 Å². The van der Waals surface area contributed by atoms with E-state index in [1.54, 1.807) is 6.33 Å². The number of nitrogens with zero attached hydrogens (tertiary/aromatic N) is 4. The second kappa shape index (κ2) is 4.98. The van der Waals surface area contributed by atoms with Crippen LogP contribution in [0.4, 0.5) is 8.78 Å². The van der Waals surface area contributed by atoms with Gasteiger partial charge in [-0.1, -0.05) is 5.16 Å². The number of aryl methyl sites for hydroxylation is 1. The molecule has 5 nitrogen and oxygen atoms in total. The standard InChI is InChI=1S/C16H10F2N4O/c1-22-8-19-13-5-3-9(7-14(13)22)15-20-16(23-21-15)10-2-4-11(17)12(18)6-10/h2-8H,1H3. The van der Waals surface area contributed by atoms with Gasteiger partial charge in [0.05, 0.1) is 17.4 Å². The first-order chi connectivity index (χ1) is 11.1. The summed E-state index contributed by atoms with van der Waals surface area (Å²) in [5, 5.41) is 3.90. The van der Waals surface area contributed by atoms with Crippen LogP contribution in [0.5, 0.6) is 0 Å². The molecule has 7 heteroatoms. The van der Waals surface area contributed by atoms with E-state index in [9.17, 15) is 8.78 Å². The highest BCUT2D eigenvalue weighted by Crippen LogP contribution is 2.25. The lowest BCUT2D eigenvalue weighted by atomic mass is 10.2. The van der Waals surface area contributed by atoms with Crippen LogP contribution < -0.4 is 0 Å². The minimum absolute atomic E-state index is 0.129. The first-order valence-corrected chi connectivity index (χ1v) is 6.82. The Labute approximate surface area is 129 Å². The smallest absolute Gasteiger partial charge is 0.258 e. The van der Waals surface area contributed by atoms with Crippen molar-refractivity contribution in [3.63, 3.8) is 0 Å². The largest absolute Gasteiger partial charge is 0.334 e. The predicted molar refractivity (Wildman–Crippen MR) is 79.4 cm³/mol. The summed E-state index contributed by atoms with van der Waals surface area (Å²) >= 11 is 0. The second-order valence-corrected chi connectivity index (χ2v) is 5.11. The Morgan fingerprint density at radius 1 is 1.00 bits per heavy atom. The summed E-state index contributed by atoms with van der Waals surface area (Å²) in [4.78, 5) is 8.49. The van der Waals surface area contributed by atoms with Crippen molar-refractivity contribution in [2.45, 2.75) is 0 Å². The predicted octanol–water partition coefficient (Wildman–Crippen LogP) is 3.57. The van der Waals surface area contributed by atoms with Gasteiger partial charge in [-0.05, 0) is 36.4 Å². The molecule has 0 saturated carbocycles. The van der Waals surface area contributed by atoms with Crippen molar-refractivity contribution in [3.8, 4) is 22.8 Å². The molecule has 0 fully saturated rings. The highest BCUT2D eigenvalue weighted by molar-refractivity contribution is 5.80. The van der Waals surface area contributed by atoms with Gasteiger partial charge in [-0.25, -0.2) is 13.8 Å². The normalized spacial score (nSPS) is 11.3. The Kier molecular flexibility index (Phi) is 2.94. The average molecular weight is 312 g/mol. The first-order valence-electron chi connectivity index (χ1n) is 6.82. The molecule has 2 aromatic heterocycles. The molecule has 4 rings (SSSR count). The Morgan fingerprint density at radius 3 is 2.65 bits per heavy atom. The lowest BCUT2D eigenvalue weighted by Gasteiger charge is -1.97. The molecule has 0 radical (unpaired) electrons. The van der Waals surface area contributed by atoms with Crippen LogP contribution >= 0.6 is 0 Å². The van der Waals surface area contributed by atoms with Gasteiger partial charge in [0.15, 0.2) is 11.6 Å². The fraction of sp³-hybridized carbons (Fsp3) is 0.0625. The van der Waals surface area contributed by atoms with Crippen LogP contribution in [0.1, 0.15) is 0 Å². The Morgan fingerprint density at radius 2 is 1.83 bits per heavy atom. The summed E-state index contributed by atoms with van der Waals surface area (Å²) in [6.07, 6.45) is 1.72. The molecule has 0 unspecified atom stereocenters. The van der Waals surface area contributed by atoms with Gasteiger partial charge in [-0.15, -0.1) is 0 Å². The number of halogens is 2. The number of benzene rings is 2. The highest BCUT2D eigenvalue weighted by Gasteiger charge is 2.13. The molecule has 4 aromatic rings. The molecule has 0 amide bonds. The lowest BCUT2D eigenvalue weighted by molar-refractivity contribution is 0.431. The molecule has 0 aliphatic carbocycles. The molecule has 2 aromatic carbocycles. The fourth-order valence-corrected chi connectivity index (χ4v) is 2.35. The molecular weight excluding hydrogens is 302 g/mol. The van der Waals surface area contributed by atoms with Gasteiger partial charge in [-0.2, -0.15) is 4.98 Å². The lowest BCUT2D eigenvalue weighted by Crippen LogP contribution is -1.87. The summed E-state index contributed by atoms with van der Waals surface area (Å²) in [6.45, 7) is 0. The quantitative estimate of drug-likeness (QED) is 0.568. The molecule has 0 N–H and O–H groups in total. The van der Waals surface area contributed by atoms with E-state index in [1.165, 1.54) is 6.07 Å². The minimum atomic E-state index is -0.960. The molecule has 23 heavy (non-hydrogen) atoms. The zero-order chi connectivity index (χ0) is 16.0. The highest BCUT2D eigenvalue weighted by atomic mass is 19.2. The van der Waals surface area contributed by atoms with Crippen molar-refractivity contribution in [3.05, 3.63) is 54.4 Å². The summed E-state index contributed by atoms with van der Waals surface area (Å²) in [6, 6.07) is 9.02. The van der Waals surface area contributed by atoms with Crippen LogP contribution in [0.3, 0.4) is 0 Å². The van der Waals surface area contributed by atoms with E-state index in [0.29, 0.717) is 11.4 Å². The zero-order valence-electron chi connectivity index (χ0n) is 12.0. The number of rotatable bonds is 2. The van der Waals surface area contributed by atoms with Crippen molar-refractivity contribution in [1.29, 1.82) is 0 Å². The molecule has 0 aliphatic rings. The second-order valence-electron chi connectivity index (χ2n) is 5.11. The summed E-state index contributed by atoms with van der Waals surface area (Å²) in [5.74, 6) is -1.38. The van der Waals surface area contributed by atoms with Crippen molar-refractivity contribution in [2.75, 3.05) is 0 Å². The van der Waals surface area contributed by atoms with Crippen molar-refractivity contribution in [2.24, 2.45) is 7.05 Å². The number of hydrogen-bond acceptors (Lipinski definition) is 4. The van der Waals surface area contributed by atoms with Crippen molar-refractivity contribution < 1.29 is 13.3 Å². The van der Waals surface area contributed by atoms with E-state index in [0.717, 1.165) is 28.7 Å². The number of aromatic nitrogens is 4. The third-order valence-corrected chi connectivity index (χ3v) is 3.58. The van der Waals surface area contributed by atoms with Crippen LogP contribution in [0.15, 0.2) is 47.2 Å². The topological polar surface area (TPSA) is 56.7 Å². The Balaban J connectivity index is 1.76. The van der Waals surface area contributed by atoms with E-state index < -0.39 is 11.6 Å². The molecule has 2 heterocycles. The summed E-state index contributed by atoms with van der Waals surface area (Å²) in [5.41, 5.74) is 2.87. The zero-order valence-corrected chi connectivity index (χ0v) is 12.0. The summed E-state index contributed by atoms with van der Waals surface area (Å²) in [7, 11) is 1.89. The van der Waals surface area contributed by atoms with Crippen LogP contribution in [0.25, 0.3) is 33.9 Å². The van der Waals surface area contributed by atoms with E-state index in [-0.39, 0.29) is 5.89 Å².